The van der Waals surface area contributed by atoms with Gasteiger partial charge in [-0.25, -0.2) is 9.71 Å². The number of carbonyl (C=O) groups excluding carboxylic acids is 1. The van der Waals surface area contributed by atoms with Crippen molar-refractivity contribution in [1.82, 2.24) is 18.5 Å². The van der Waals surface area contributed by atoms with Gasteiger partial charge in [0.25, 0.3) is 15.9 Å². The second-order valence-electron chi connectivity index (χ2n) is 3.61. The Morgan fingerprint density at radius 1 is 1.24 bits per heavy atom. The normalized spacial score (nSPS) is 12.1. The van der Waals surface area contributed by atoms with Gasteiger partial charge in [-0.2, -0.15) is 30.3 Å². The van der Waals surface area contributed by atoms with E-state index in [1.165, 1.54) is 0 Å². The van der Waals surface area contributed by atoms with E-state index in [9.17, 15) is 26.4 Å². The van der Waals surface area contributed by atoms with Crippen molar-refractivity contribution in [2.45, 2.75) is 11.2 Å². The fraction of sp³-hybridized carbons (Fsp3) is 0.111. The van der Waals surface area contributed by atoms with Gasteiger partial charge in [-0.3, -0.25) is 4.79 Å². The van der Waals surface area contributed by atoms with Gasteiger partial charge in [0.2, 0.25) is 0 Å². The van der Waals surface area contributed by atoms with E-state index in [1.54, 1.807) is 4.72 Å². The maximum atomic E-state index is 12.3. The predicted octanol–water partition coefficient (Wildman–Crippen LogP) is 1.07. The zero-order valence-electron chi connectivity index (χ0n) is 9.83. The molecule has 2 rings (SSSR count). The van der Waals surface area contributed by atoms with E-state index in [2.05, 4.69) is 13.7 Å². The first kappa shape index (κ1) is 15.3. The lowest BCUT2D eigenvalue weighted by molar-refractivity contribution is -0.137. The average molecular weight is 338 g/mol. The van der Waals surface area contributed by atoms with Crippen molar-refractivity contribution in [2.75, 3.05) is 0 Å². The Hall–Kier alpha value is -2.08. The molecule has 2 aromatic rings. The summed E-state index contributed by atoms with van der Waals surface area (Å²) in [5.41, 5.74) is -1.33. The molecule has 0 bridgehead atoms. The highest BCUT2D eigenvalue weighted by Crippen LogP contribution is 2.28. The fourth-order valence-corrected chi connectivity index (χ4v) is 2.50. The summed E-state index contributed by atoms with van der Waals surface area (Å²) in [6, 6.07) is 1.20. The number of aromatic nitrogens is 3. The molecule has 0 unspecified atom stereocenters. The molecule has 112 valence electrons. The van der Waals surface area contributed by atoms with Crippen LogP contribution in [0.25, 0.3) is 0 Å². The highest BCUT2D eigenvalue weighted by Gasteiger charge is 2.31. The summed E-state index contributed by atoms with van der Waals surface area (Å²) in [6.45, 7) is 0. The number of rotatable bonds is 3. The molecule has 0 radical (unpaired) electrons. The minimum Gasteiger partial charge on any atom is -0.266 e. The van der Waals surface area contributed by atoms with Gasteiger partial charge in [0, 0.05) is 6.20 Å². The van der Waals surface area contributed by atoms with Gasteiger partial charge in [0.15, 0.2) is 10.7 Å². The third-order valence-electron chi connectivity index (χ3n) is 2.16. The Morgan fingerprint density at radius 3 is 2.43 bits per heavy atom. The van der Waals surface area contributed by atoms with Gasteiger partial charge >= 0.3 is 6.18 Å². The van der Waals surface area contributed by atoms with Crippen molar-refractivity contribution in [1.29, 1.82) is 0 Å². The molecular weight excluding hydrogens is 333 g/mol. The average Bonchev–Trinajstić information content (AvgIpc) is 2.91. The molecule has 12 heteroatoms. The standard InChI is InChI=1S/C9H5F3N4O3S2/c10-9(11,12)5-1-2-7(13-3-5)21(18,19)16-8(17)6-4-14-20-15-6/h1-4H,(H,16,17). The molecular formula is C9H5F3N4O3S2. The summed E-state index contributed by atoms with van der Waals surface area (Å²) in [5, 5.41) is -0.716. The van der Waals surface area contributed by atoms with Crippen LogP contribution >= 0.6 is 11.7 Å². The number of nitrogens with zero attached hydrogens (tertiary/aromatic N) is 3. The van der Waals surface area contributed by atoms with Crippen molar-refractivity contribution < 1.29 is 26.4 Å². The summed E-state index contributed by atoms with van der Waals surface area (Å²) in [5.74, 6) is -1.05. The third-order valence-corrected chi connectivity index (χ3v) is 3.88. The van der Waals surface area contributed by atoms with Crippen LogP contribution in [-0.4, -0.2) is 28.1 Å². The fourth-order valence-electron chi connectivity index (χ4n) is 1.20. The first-order valence-corrected chi connectivity index (χ1v) is 7.29. The number of nitrogens with one attached hydrogen (secondary N) is 1. The molecule has 0 aromatic carbocycles. The van der Waals surface area contributed by atoms with E-state index in [0.717, 1.165) is 6.20 Å². The van der Waals surface area contributed by atoms with E-state index in [0.29, 0.717) is 30.1 Å². The van der Waals surface area contributed by atoms with Gasteiger partial charge in [-0.1, -0.05) is 0 Å². The topological polar surface area (TPSA) is 102 Å². The number of amides is 1. The lowest BCUT2D eigenvalue weighted by atomic mass is 10.3. The zero-order valence-corrected chi connectivity index (χ0v) is 11.5. The number of hydrogen-bond donors (Lipinski definition) is 1. The number of carbonyl (C=O) groups is 1. The molecule has 0 saturated heterocycles. The summed E-state index contributed by atoms with van der Waals surface area (Å²) >= 11 is 0.698. The number of hydrogen-bond acceptors (Lipinski definition) is 7. The Balaban J connectivity index is 2.22. The smallest absolute Gasteiger partial charge is 0.266 e. The van der Waals surface area contributed by atoms with E-state index < -0.39 is 32.7 Å². The van der Waals surface area contributed by atoms with Crippen LogP contribution in [0.2, 0.25) is 0 Å². The van der Waals surface area contributed by atoms with Crippen LogP contribution in [0.5, 0.6) is 0 Å². The van der Waals surface area contributed by atoms with Gasteiger partial charge < -0.3 is 0 Å². The molecule has 21 heavy (non-hydrogen) atoms. The van der Waals surface area contributed by atoms with E-state index in [-0.39, 0.29) is 5.69 Å². The van der Waals surface area contributed by atoms with Crippen molar-refractivity contribution in [2.24, 2.45) is 0 Å². The molecule has 0 aliphatic heterocycles. The van der Waals surface area contributed by atoms with Gasteiger partial charge in [-0.05, 0) is 12.1 Å². The van der Waals surface area contributed by atoms with Crippen LogP contribution in [0.1, 0.15) is 16.1 Å². The maximum Gasteiger partial charge on any atom is 0.417 e. The first-order chi connectivity index (χ1) is 9.70. The summed E-state index contributed by atoms with van der Waals surface area (Å²) < 4.78 is 69.2. The van der Waals surface area contributed by atoms with E-state index >= 15 is 0 Å². The molecule has 0 aliphatic carbocycles. The molecule has 2 aromatic heterocycles. The minimum atomic E-state index is -4.63. The number of halogens is 3. The molecule has 0 atom stereocenters. The van der Waals surface area contributed by atoms with E-state index in [4.69, 9.17) is 0 Å². The summed E-state index contributed by atoms with van der Waals surface area (Å²) in [4.78, 5) is 14.7. The van der Waals surface area contributed by atoms with Crippen LogP contribution in [0.3, 0.4) is 0 Å². The predicted molar refractivity (Wildman–Crippen MR) is 63.8 cm³/mol. The van der Waals surface area contributed by atoms with Gasteiger partial charge in [-0.15, -0.1) is 0 Å². The minimum absolute atomic E-state index is 0.226. The van der Waals surface area contributed by atoms with Crippen molar-refractivity contribution in [3.05, 3.63) is 35.8 Å². The van der Waals surface area contributed by atoms with Crippen LogP contribution in [0.4, 0.5) is 13.2 Å². The Labute approximate surface area is 120 Å². The van der Waals surface area contributed by atoms with Crippen LogP contribution < -0.4 is 4.72 Å². The first-order valence-electron chi connectivity index (χ1n) is 5.08. The van der Waals surface area contributed by atoms with Gasteiger partial charge in [0.05, 0.1) is 23.5 Å². The van der Waals surface area contributed by atoms with E-state index in [1.807, 2.05) is 0 Å². The SMILES string of the molecule is O=C(NS(=O)(=O)c1ccc(C(F)(F)F)cn1)c1cnsn1. The molecule has 0 fully saturated rings. The van der Waals surface area contributed by atoms with Crippen molar-refractivity contribution >= 4 is 27.7 Å². The molecule has 0 aliphatic rings. The summed E-state index contributed by atoms with van der Waals surface area (Å²) in [6.07, 6.45) is -3.22. The second kappa shape index (κ2) is 5.37. The largest absolute Gasteiger partial charge is 0.417 e. The molecule has 0 saturated carbocycles. The highest BCUT2D eigenvalue weighted by molar-refractivity contribution is 7.90. The zero-order chi connectivity index (χ0) is 15.7. The monoisotopic (exact) mass is 338 g/mol. The summed E-state index contributed by atoms with van der Waals surface area (Å²) in [7, 11) is -4.39. The lowest BCUT2D eigenvalue weighted by Crippen LogP contribution is -2.31. The van der Waals surface area contributed by atoms with Crippen molar-refractivity contribution in [3.63, 3.8) is 0 Å². The Bertz CT molecular complexity index is 742. The molecule has 1 amide bonds. The molecule has 1 N–H and O–H groups in total. The maximum absolute atomic E-state index is 12.3. The highest BCUT2D eigenvalue weighted by atomic mass is 32.2. The second-order valence-corrected chi connectivity index (χ2v) is 5.80. The number of pyridine rings is 1. The molecule has 7 nitrogen and oxygen atoms in total. The molecule has 2 heterocycles. The Kier molecular flexibility index (Phi) is 3.91. The van der Waals surface area contributed by atoms with Crippen LogP contribution in [-0.2, 0) is 16.2 Å². The number of alkyl halides is 3. The van der Waals surface area contributed by atoms with Crippen LogP contribution in [0, 0.1) is 0 Å². The quantitative estimate of drug-likeness (QED) is 0.898. The third kappa shape index (κ3) is 3.52. The molecule has 0 spiro atoms. The lowest BCUT2D eigenvalue weighted by Gasteiger charge is -2.07. The van der Waals surface area contributed by atoms with Crippen LogP contribution in [0.15, 0.2) is 29.6 Å². The Morgan fingerprint density at radius 2 is 1.95 bits per heavy atom. The van der Waals surface area contributed by atoms with Gasteiger partial charge in [0.1, 0.15) is 0 Å². The van der Waals surface area contributed by atoms with Crippen molar-refractivity contribution in [3.8, 4) is 0 Å². The number of sulfonamides is 1.